The van der Waals surface area contributed by atoms with E-state index in [0.717, 1.165) is 23.4 Å². The number of ether oxygens (including phenoxy) is 2. The van der Waals surface area contributed by atoms with Crippen molar-refractivity contribution in [1.29, 1.82) is 0 Å². The zero-order valence-corrected chi connectivity index (χ0v) is 13.8. The van der Waals surface area contributed by atoms with Crippen LogP contribution in [0.1, 0.15) is 32.0 Å². The number of nitrogens with one attached hydrogen (secondary N) is 1. The first-order chi connectivity index (χ1) is 10.8. The average Bonchev–Trinajstić information content (AvgIpc) is 2.76. The van der Waals surface area contributed by atoms with Crippen molar-refractivity contribution < 1.29 is 14.3 Å². The zero-order chi connectivity index (χ0) is 16.6. The van der Waals surface area contributed by atoms with Gasteiger partial charge in [-0.3, -0.25) is 4.79 Å². The minimum absolute atomic E-state index is 0.191. The average molecular weight is 312 g/mol. The summed E-state index contributed by atoms with van der Waals surface area (Å²) in [5, 5.41) is 2.70. The summed E-state index contributed by atoms with van der Waals surface area (Å²) in [4.78, 5) is 15.7. The summed E-state index contributed by atoms with van der Waals surface area (Å²) in [7, 11) is 0. The Labute approximate surface area is 135 Å². The van der Waals surface area contributed by atoms with E-state index in [9.17, 15) is 4.79 Å². The van der Waals surface area contributed by atoms with Gasteiger partial charge in [-0.25, -0.2) is 4.98 Å². The molecule has 5 nitrogen and oxygen atoms in total. The van der Waals surface area contributed by atoms with Gasteiger partial charge in [0, 0.05) is 24.6 Å². The number of carbonyl (C=O) groups excluding carboxylic acids is 1. The molecular weight excluding hydrogens is 292 g/mol. The van der Waals surface area contributed by atoms with Crippen LogP contribution in [0.2, 0.25) is 0 Å². The predicted octanol–water partition coefficient (Wildman–Crippen LogP) is 3.85. The van der Waals surface area contributed by atoms with Gasteiger partial charge in [0.25, 0.3) is 0 Å². The van der Waals surface area contributed by atoms with Crippen LogP contribution in [0.3, 0.4) is 0 Å². The molecule has 2 aromatic rings. The van der Waals surface area contributed by atoms with Crippen LogP contribution in [-0.4, -0.2) is 16.5 Å². The third-order valence-corrected chi connectivity index (χ3v) is 3.57. The summed E-state index contributed by atoms with van der Waals surface area (Å²) in [6.07, 6.45) is 0.838. The van der Waals surface area contributed by atoms with E-state index in [0.29, 0.717) is 17.3 Å². The highest BCUT2D eigenvalue weighted by Crippen LogP contribution is 2.44. The molecule has 0 radical (unpaired) electrons. The summed E-state index contributed by atoms with van der Waals surface area (Å²) >= 11 is 0. The van der Waals surface area contributed by atoms with Gasteiger partial charge in [0.1, 0.15) is 5.60 Å². The Morgan fingerprint density at radius 2 is 2.04 bits per heavy atom. The summed E-state index contributed by atoms with van der Waals surface area (Å²) in [5.74, 6) is 2.10. The second-order valence-corrected chi connectivity index (χ2v) is 6.37. The molecule has 2 heterocycles. The van der Waals surface area contributed by atoms with Crippen molar-refractivity contribution in [3.05, 3.63) is 41.6 Å². The van der Waals surface area contributed by atoms with Crippen molar-refractivity contribution in [3.63, 3.8) is 0 Å². The third-order valence-electron chi connectivity index (χ3n) is 3.57. The second kappa shape index (κ2) is 5.57. The minimum atomic E-state index is -0.242. The Kier molecular flexibility index (Phi) is 3.72. The highest BCUT2D eigenvalue weighted by Gasteiger charge is 2.32. The monoisotopic (exact) mass is 312 g/mol. The van der Waals surface area contributed by atoms with Crippen LogP contribution in [0.25, 0.3) is 0 Å². The van der Waals surface area contributed by atoms with Crippen LogP contribution >= 0.6 is 0 Å². The van der Waals surface area contributed by atoms with E-state index < -0.39 is 0 Å². The van der Waals surface area contributed by atoms with Crippen molar-refractivity contribution in [2.24, 2.45) is 0 Å². The number of aromatic nitrogens is 1. The molecule has 0 fully saturated rings. The predicted molar refractivity (Wildman–Crippen MR) is 88.2 cm³/mol. The largest absolute Gasteiger partial charge is 0.483 e. The first-order valence-electron chi connectivity index (χ1n) is 7.58. The fraction of sp³-hybridized carbons (Fsp3) is 0.333. The van der Waals surface area contributed by atoms with Crippen LogP contribution in [0.5, 0.6) is 17.2 Å². The van der Waals surface area contributed by atoms with Gasteiger partial charge in [0.05, 0.1) is 0 Å². The minimum Gasteiger partial charge on any atom is -0.483 e. The van der Waals surface area contributed by atoms with E-state index in [-0.39, 0.29) is 11.5 Å². The summed E-state index contributed by atoms with van der Waals surface area (Å²) in [6, 6.07) is 9.48. The highest BCUT2D eigenvalue weighted by molar-refractivity contribution is 5.89. The highest BCUT2D eigenvalue weighted by atomic mass is 16.5. The molecule has 0 bridgehead atoms. The lowest BCUT2D eigenvalue weighted by Gasteiger charge is -2.18. The molecule has 0 spiro atoms. The molecule has 0 saturated carbocycles. The second-order valence-electron chi connectivity index (χ2n) is 6.37. The molecule has 23 heavy (non-hydrogen) atoms. The Hall–Kier alpha value is -2.56. The number of hydrogen-bond acceptors (Lipinski definition) is 4. The number of para-hydroxylation sites is 1. The molecule has 0 atom stereocenters. The molecule has 5 heteroatoms. The lowest BCUT2D eigenvalue weighted by atomic mass is 10.0. The molecule has 1 amide bonds. The van der Waals surface area contributed by atoms with E-state index in [4.69, 9.17) is 9.47 Å². The number of hydrogen-bond donors (Lipinski definition) is 1. The number of carbonyl (C=O) groups is 1. The number of anilines is 1. The molecule has 0 saturated heterocycles. The molecule has 1 aliphatic rings. The van der Waals surface area contributed by atoms with Crippen LogP contribution < -0.4 is 14.8 Å². The van der Waals surface area contributed by atoms with Crippen LogP contribution in [0, 0.1) is 6.92 Å². The summed E-state index contributed by atoms with van der Waals surface area (Å²) < 4.78 is 12.0. The number of aryl methyl sites for hydroxylation is 1. The SMILES string of the molecule is CC(=O)Nc1nc(C)ccc1Oc1cccc2c1OC(C)(C)C2. The van der Waals surface area contributed by atoms with Crippen LogP contribution in [0.15, 0.2) is 30.3 Å². The molecule has 120 valence electrons. The topological polar surface area (TPSA) is 60.5 Å². The molecular formula is C18H20N2O3. The number of benzene rings is 1. The van der Waals surface area contributed by atoms with Crippen molar-refractivity contribution in [2.45, 2.75) is 39.7 Å². The van der Waals surface area contributed by atoms with E-state index >= 15 is 0 Å². The van der Waals surface area contributed by atoms with E-state index in [1.165, 1.54) is 6.92 Å². The van der Waals surface area contributed by atoms with Crippen LogP contribution in [0.4, 0.5) is 5.82 Å². The quantitative estimate of drug-likeness (QED) is 0.935. The molecule has 0 unspecified atom stereocenters. The fourth-order valence-electron chi connectivity index (χ4n) is 2.67. The maximum atomic E-state index is 11.4. The summed E-state index contributed by atoms with van der Waals surface area (Å²) in [5.41, 5.74) is 1.68. The molecule has 1 aromatic heterocycles. The van der Waals surface area contributed by atoms with Crippen molar-refractivity contribution >= 4 is 11.7 Å². The van der Waals surface area contributed by atoms with Gasteiger partial charge in [-0.15, -0.1) is 0 Å². The molecule has 1 aliphatic heterocycles. The molecule has 0 aliphatic carbocycles. The maximum Gasteiger partial charge on any atom is 0.222 e. The lowest BCUT2D eigenvalue weighted by Crippen LogP contribution is -2.24. The number of nitrogens with zero attached hydrogens (tertiary/aromatic N) is 1. The first-order valence-corrected chi connectivity index (χ1v) is 7.58. The van der Waals surface area contributed by atoms with E-state index in [1.54, 1.807) is 6.07 Å². The Morgan fingerprint density at radius 1 is 1.26 bits per heavy atom. The zero-order valence-electron chi connectivity index (χ0n) is 13.8. The van der Waals surface area contributed by atoms with Gasteiger partial charge in [0.2, 0.25) is 5.91 Å². The Morgan fingerprint density at radius 3 is 2.78 bits per heavy atom. The molecule has 1 aromatic carbocycles. The normalized spacial score (nSPS) is 14.8. The van der Waals surface area contributed by atoms with E-state index in [2.05, 4.69) is 10.3 Å². The number of amides is 1. The Bertz CT molecular complexity index is 769. The smallest absolute Gasteiger partial charge is 0.222 e. The van der Waals surface area contributed by atoms with E-state index in [1.807, 2.05) is 45.0 Å². The van der Waals surface area contributed by atoms with Crippen LogP contribution in [-0.2, 0) is 11.2 Å². The van der Waals surface area contributed by atoms with Crippen molar-refractivity contribution in [2.75, 3.05) is 5.32 Å². The fourth-order valence-corrected chi connectivity index (χ4v) is 2.67. The Balaban J connectivity index is 1.95. The summed E-state index contributed by atoms with van der Waals surface area (Å²) in [6.45, 7) is 7.40. The van der Waals surface area contributed by atoms with Gasteiger partial charge in [-0.2, -0.15) is 0 Å². The van der Waals surface area contributed by atoms with Gasteiger partial charge < -0.3 is 14.8 Å². The van der Waals surface area contributed by atoms with Gasteiger partial charge in [-0.05, 0) is 39.0 Å². The standard InChI is InChI=1S/C18H20N2O3/c1-11-8-9-15(17(19-11)20-12(2)21)22-14-7-5-6-13-10-18(3,4)23-16(13)14/h5-9H,10H2,1-4H3,(H,19,20,21). The van der Waals surface area contributed by atoms with Crippen molar-refractivity contribution in [1.82, 2.24) is 4.98 Å². The number of rotatable bonds is 3. The van der Waals surface area contributed by atoms with Gasteiger partial charge in [0.15, 0.2) is 23.1 Å². The maximum absolute atomic E-state index is 11.4. The first kappa shape index (κ1) is 15.3. The van der Waals surface area contributed by atoms with Crippen molar-refractivity contribution in [3.8, 4) is 17.2 Å². The molecule has 3 rings (SSSR count). The lowest BCUT2D eigenvalue weighted by molar-refractivity contribution is -0.114. The number of fused-ring (bicyclic) bond motifs is 1. The number of pyridine rings is 1. The third kappa shape index (κ3) is 3.28. The molecule has 1 N–H and O–H groups in total. The van der Waals surface area contributed by atoms with Gasteiger partial charge in [-0.1, -0.05) is 12.1 Å². The van der Waals surface area contributed by atoms with Gasteiger partial charge >= 0.3 is 0 Å².